The van der Waals surface area contributed by atoms with Crippen LogP contribution in [0, 0.1) is 0 Å². The lowest BCUT2D eigenvalue weighted by atomic mass is 10.1. The van der Waals surface area contributed by atoms with Gasteiger partial charge in [-0.1, -0.05) is 13.3 Å². The molecule has 0 aromatic carbocycles. The van der Waals surface area contributed by atoms with Gasteiger partial charge in [-0.3, -0.25) is 0 Å². The fourth-order valence-corrected chi connectivity index (χ4v) is 3.19. The summed E-state index contributed by atoms with van der Waals surface area (Å²) >= 11 is 0. The smallest absolute Gasteiger partial charge is 0.0720 e. The minimum Gasteiger partial charge on any atom is -0.373 e. The van der Waals surface area contributed by atoms with E-state index in [1.807, 2.05) is 0 Å². The fourth-order valence-electron chi connectivity index (χ4n) is 3.19. The summed E-state index contributed by atoms with van der Waals surface area (Å²) in [5, 5.41) is 0. The van der Waals surface area contributed by atoms with Crippen LogP contribution in [-0.2, 0) is 4.74 Å². The van der Waals surface area contributed by atoms with E-state index >= 15 is 0 Å². The van der Waals surface area contributed by atoms with Gasteiger partial charge < -0.3 is 14.5 Å². The molecular weight excluding hydrogens is 212 g/mol. The predicted molar refractivity (Wildman–Crippen MR) is 71.3 cm³/mol. The average molecular weight is 240 g/mol. The van der Waals surface area contributed by atoms with E-state index in [9.17, 15) is 0 Å². The molecule has 2 rings (SSSR count). The van der Waals surface area contributed by atoms with Gasteiger partial charge in [0.15, 0.2) is 0 Å². The van der Waals surface area contributed by atoms with E-state index in [1.165, 1.54) is 45.2 Å². The molecule has 0 amide bonds. The molecule has 17 heavy (non-hydrogen) atoms. The van der Waals surface area contributed by atoms with Crippen LogP contribution >= 0.6 is 0 Å². The van der Waals surface area contributed by atoms with Crippen LogP contribution in [0.15, 0.2) is 0 Å². The van der Waals surface area contributed by atoms with Gasteiger partial charge >= 0.3 is 0 Å². The van der Waals surface area contributed by atoms with Crippen molar-refractivity contribution in [3.63, 3.8) is 0 Å². The molecule has 2 heterocycles. The van der Waals surface area contributed by atoms with Gasteiger partial charge in [0.25, 0.3) is 0 Å². The first-order valence-corrected chi connectivity index (χ1v) is 7.23. The largest absolute Gasteiger partial charge is 0.373 e. The van der Waals surface area contributed by atoms with Crippen molar-refractivity contribution in [1.29, 1.82) is 0 Å². The Morgan fingerprint density at radius 1 is 1.12 bits per heavy atom. The molecule has 2 atom stereocenters. The Morgan fingerprint density at radius 3 is 2.47 bits per heavy atom. The van der Waals surface area contributed by atoms with Crippen molar-refractivity contribution in [3.8, 4) is 0 Å². The Labute approximate surface area is 106 Å². The number of likely N-dealkylation sites (N-methyl/N-ethyl adjacent to an activating group) is 1. The normalized spacial score (nSPS) is 33.4. The summed E-state index contributed by atoms with van der Waals surface area (Å²) in [5.41, 5.74) is 0. The van der Waals surface area contributed by atoms with Crippen molar-refractivity contribution in [2.45, 2.75) is 57.3 Å². The van der Waals surface area contributed by atoms with Crippen LogP contribution < -0.4 is 0 Å². The van der Waals surface area contributed by atoms with Crippen LogP contribution in [0.4, 0.5) is 0 Å². The molecule has 0 saturated carbocycles. The Balaban J connectivity index is 1.73. The molecule has 3 heteroatoms. The molecule has 0 radical (unpaired) electrons. The predicted octanol–water partition coefficient (Wildman–Crippen LogP) is 1.97. The van der Waals surface area contributed by atoms with Gasteiger partial charge in [-0.15, -0.1) is 0 Å². The van der Waals surface area contributed by atoms with Gasteiger partial charge in [0.2, 0.25) is 0 Å². The number of hydrogen-bond acceptors (Lipinski definition) is 3. The number of piperidine rings is 1. The molecule has 2 fully saturated rings. The SMILES string of the molecule is CCCC1CC(OC2CCN(C)CC2)CN1C. The molecule has 0 bridgehead atoms. The van der Waals surface area contributed by atoms with Crippen LogP contribution in [0.2, 0.25) is 0 Å². The Morgan fingerprint density at radius 2 is 1.82 bits per heavy atom. The summed E-state index contributed by atoms with van der Waals surface area (Å²) in [6, 6.07) is 0.760. The van der Waals surface area contributed by atoms with Gasteiger partial charge in [0.05, 0.1) is 12.2 Å². The molecule has 2 saturated heterocycles. The molecule has 2 aliphatic heterocycles. The Kier molecular flexibility index (Phi) is 4.83. The zero-order valence-electron chi connectivity index (χ0n) is 11.7. The maximum absolute atomic E-state index is 6.28. The highest BCUT2D eigenvalue weighted by Crippen LogP contribution is 2.25. The van der Waals surface area contributed by atoms with E-state index < -0.39 is 0 Å². The van der Waals surface area contributed by atoms with E-state index in [-0.39, 0.29) is 0 Å². The lowest BCUT2D eigenvalue weighted by Crippen LogP contribution is -2.36. The van der Waals surface area contributed by atoms with E-state index in [0.717, 1.165) is 12.6 Å². The number of hydrogen-bond donors (Lipinski definition) is 0. The average Bonchev–Trinajstić information content (AvgIpc) is 2.63. The highest BCUT2D eigenvalue weighted by molar-refractivity contribution is 4.85. The third-order valence-electron chi connectivity index (χ3n) is 4.32. The molecule has 2 aliphatic rings. The Bertz CT molecular complexity index is 226. The Hall–Kier alpha value is -0.120. The number of rotatable bonds is 4. The molecule has 0 aliphatic carbocycles. The van der Waals surface area contributed by atoms with E-state index in [2.05, 4.69) is 30.8 Å². The number of ether oxygens (including phenoxy) is 1. The van der Waals surface area contributed by atoms with Crippen LogP contribution in [-0.4, -0.2) is 61.8 Å². The number of likely N-dealkylation sites (tertiary alicyclic amines) is 2. The van der Waals surface area contributed by atoms with Gasteiger partial charge in [-0.05, 0) is 39.8 Å². The van der Waals surface area contributed by atoms with Gasteiger partial charge in [-0.2, -0.15) is 0 Å². The van der Waals surface area contributed by atoms with Crippen molar-refractivity contribution in [1.82, 2.24) is 9.80 Å². The minimum atomic E-state index is 0.491. The first-order chi connectivity index (χ1) is 8.19. The summed E-state index contributed by atoms with van der Waals surface area (Å²) < 4.78 is 6.28. The lowest BCUT2D eigenvalue weighted by molar-refractivity contribution is -0.0338. The van der Waals surface area contributed by atoms with Gasteiger partial charge in [0, 0.05) is 25.7 Å². The van der Waals surface area contributed by atoms with Crippen molar-refractivity contribution in [2.24, 2.45) is 0 Å². The summed E-state index contributed by atoms with van der Waals surface area (Å²) in [6.07, 6.45) is 7.30. The quantitative estimate of drug-likeness (QED) is 0.747. The van der Waals surface area contributed by atoms with Crippen molar-refractivity contribution >= 4 is 0 Å². The van der Waals surface area contributed by atoms with Crippen LogP contribution in [0.25, 0.3) is 0 Å². The second kappa shape index (κ2) is 6.17. The topological polar surface area (TPSA) is 15.7 Å². The van der Waals surface area contributed by atoms with Gasteiger partial charge in [0.1, 0.15) is 0 Å². The molecule has 2 unspecified atom stereocenters. The van der Waals surface area contributed by atoms with Crippen LogP contribution in [0.1, 0.15) is 39.0 Å². The van der Waals surface area contributed by atoms with Gasteiger partial charge in [-0.25, -0.2) is 0 Å². The third kappa shape index (κ3) is 3.67. The molecule has 100 valence electrons. The minimum absolute atomic E-state index is 0.491. The number of nitrogens with zero attached hydrogens (tertiary/aromatic N) is 2. The summed E-state index contributed by atoms with van der Waals surface area (Å²) in [4.78, 5) is 4.89. The fraction of sp³-hybridized carbons (Fsp3) is 1.00. The van der Waals surface area contributed by atoms with Crippen LogP contribution in [0.5, 0.6) is 0 Å². The monoisotopic (exact) mass is 240 g/mol. The molecule has 0 aromatic rings. The molecular formula is C14H28N2O. The maximum atomic E-state index is 6.28. The third-order valence-corrected chi connectivity index (χ3v) is 4.32. The van der Waals surface area contributed by atoms with E-state index in [0.29, 0.717) is 12.2 Å². The second-order valence-corrected chi connectivity index (χ2v) is 5.88. The molecule has 0 N–H and O–H groups in total. The zero-order chi connectivity index (χ0) is 12.3. The molecule has 0 spiro atoms. The summed E-state index contributed by atoms with van der Waals surface area (Å²) in [7, 11) is 4.45. The summed E-state index contributed by atoms with van der Waals surface area (Å²) in [5.74, 6) is 0. The lowest BCUT2D eigenvalue weighted by Gasteiger charge is -2.30. The van der Waals surface area contributed by atoms with E-state index in [1.54, 1.807) is 0 Å². The summed E-state index contributed by atoms with van der Waals surface area (Å²) in [6.45, 7) is 5.81. The van der Waals surface area contributed by atoms with E-state index in [4.69, 9.17) is 4.74 Å². The highest BCUT2D eigenvalue weighted by Gasteiger charge is 2.31. The van der Waals surface area contributed by atoms with Crippen LogP contribution in [0.3, 0.4) is 0 Å². The molecule has 3 nitrogen and oxygen atoms in total. The highest BCUT2D eigenvalue weighted by atomic mass is 16.5. The zero-order valence-corrected chi connectivity index (χ0v) is 11.7. The van der Waals surface area contributed by atoms with Crippen molar-refractivity contribution in [2.75, 3.05) is 33.7 Å². The molecule has 0 aromatic heterocycles. The first kappa shape index (κ1) is 13.3. The first-order valence-electron chi connectivity index (χ1n) is 7.23. The second-order valence-electron chi connectivity index (χ2n) is 5.88. The van der Waals surface area contributed by atoms with Crippen molar-refractivity contribution < 1.29 is 4.74 Å². The van der Waals surface area contributed by atoms with Crippen molar-refractivity contribution in [3.05, 3.63) is 0 Å². The maximum Gasteiger partial charge on any atom is 0.0720 e. The standard InChI is InChI=1S/C14H28N2O/c1-4-5-12-10-14(11-16(12)3)17-13-6-8-15(2)9-7-13/h12-14H,4-11H2,1-3H3.